The molecule has 2 unspecified atom stereocenters. The van der Waals surface area contributed by atoms with Crippen molar-refractivity contribution in [3.05, 3.63) is 60.7 Å². The van der Waals surface area contributed by atoms with E-state index in [0.29, 0.717) is 0 Å². The predicted octanol–water partition coefficient (Wildman–Crippen LogP) is 5.01. The Labute approximate surface area is 132 Å². The summed E-state index contributed by atoms with van der Waals surface area (Å²) in [5.41, 5.74) is 0. The van der Waals surface area contributed by atoms with E-state index in [0.717, 1.165) is 0 Å². The summed E-state index contributed by atoms with van der Waals surface area (Å²) in [6, 6.07) is 20.3. The molecule has 2 rings (SSSR count). The van der Waals surface area contributed by atoms with Gasteiger partial charge < -0.3 is 0 Å². The lowest BCUT2D eigenvalue weighted by Gasteiger charge is -2.16. The highest BCUT2D eigenvalue weighted by Crippen LogP contribution is 2.32. The summed E-state index contributed by atoms with van der Waals surface area (Å²) < 4.78 is 12.7. The lowest BCUT2D eigenvalue weighted by Crippen LogP contribution is -2.16. The number of hydrogen-bond acceptors (Lipinski definition) is 3. The maximum Gasteiger partial charge on any atom is 0.0831 e. The van der Waals surface area contributed by atoms with Crippen LogP contribution in [0, 0.1) is 0 Å². The van der Waals surface area contributed by atoms with E-state index in [1.54, 1.807) is 23.5 Å². The van der Waals surface area contributed by atoms with Gasteiger partial charge in [0.05, 0.1) is 9.16 Å². The molecule has 0 radical (unpaired) electrons. The third-order valence-electron chi connectivity index (χ3n) is 2.74. The minimum atomic E-state index is -0.885. The maximum absolute atomic E-state index is 12.5. The van der Waals surface area contributed by atoms with Gasteiger partial charge in [-0.3, -0.25) is 4.21 Å². The van der Waals surface area contributed by atoms with E-state index in [-0.39, 0.29) is 9.16 Å². The molecule has 106 valence electrons. The molecule has 2 atom stereocenters. The Morgan fingerprint density at radius 3 is 1.45 bits per heavy atom. The Morgan fingerprint density at radius 2 is 1.10 bits per heavy atom. The molecule has 0 spiro atoms. The van der Waals surface area contributed by atoms with Crippen molar-refractivity contribution in [1.29, 1.82) is 0 Å². The van der Waals surface area contributed by atoms with Crippen molar-refractivity contribution in [3.8, 4) is 0 Å². The third-order valence-corrected chi connectivity index (χ3v) is 7.52. The first-order chi connectivity index (χ1) is 9.66. The molecule has 0 heterocycles. The fraction of sp³-hybridized carbons (Fsp3) is 0.250. The number of hydrogen-bond donors (Lipinski definition) is 0. The molecule has 0 N–H and O–H groups in total. The largest absolute Gasteiger partial charge is 0.257 e. The Morgan fingerprint density at radius 1 is 0.750 bits per heavy atom. The van der Waals surface area contributed by atoms with Gasteiger partial charge in [0.1, 0.15) is 0 Å². The van der Waals surface area contributed by atoms with E-state index in [2.05, 4.69) is 24.3 Å². The lowest BCUT2D eigenvalue weighted by molar-refractivity contribution is 0.681. The Balaban J connectivity index is 1.93. The predicted molar refractivity (Wildman–Crippen MR) is 91.7 cm³/mol. The zero-order valence-corrected chi connectivity index (χ0v) is 14.0. The summed E-state index contributed by atoms with van der Waals surface area (Å²) in [5.74, 6) is 0. The van der Waals surface area contributed by atoms with Crippen molar-refractivity contribution >= 4 is 34.3 Å². The zero-order valence-electron chi connectivity index (χ0n) is 11.6. The van der Waals surface area contributed by atoms with Gasteiger partial charge in [0.25, 0.3) is 0 Å². The van der Waals surface area contributed by atoms with Crippen LogP contribution >= 0.6 is 23.5 Å². The summed E-state index contributed by atoms with van der Waals surface area (Å²) >= 11 is 3.35. The van der Waals surface area contributed by atoms with Crippen molar-refractivity contribution in [3.63, 3.8) is 0 Å². The fourth-order valence-corrected chi connectivity index (χ4v) is 6.32. The van der Waals surface area contributed by atoms with Gasteiger partial charge >= 0.3 is 0 Å². The van der Waals surface area contributed by atoms with E-state index in [4.69, 9.17) is 0 Å². The van der Waals surface area contributed by atoms with E-state index in [9.17, 15) is 4.21 Å². The third kappa shape index (κ3) is 4.69. The molecule has 2 aromatic rings. The zero-order chi connectivity index (χ0) is 14.4. The maximum atomic E-state index is 12.5. The molecule has 0 bridgehead atoms. The topological polar surface area (TPSA) is 17.1 Å². The van der Waals surface area contributed by atoms with Gasteiger partial charge in [-0.1, -0.05) is 36.4 Å². The monoisotopic (exact) mass is 322 g/mol. The van der Waals surface area contributed by atoms with Gasteiger partial charge in [0.15, 0.2) is 0 Å². The highest BCUT2D eigenvalue weighted by molar-refractivity contribution is 8.18. The average molecular weight is 323 g/mol. The highest BCUT2D eigenvalue weighted by atomic mass is 32.3. The smallest absolute Gasteiger partial charge is 0.0831 e. The van der Waals surface area contributed by atoms with Gasteiger partial charge in [0, 0.05) is 20.6 Å². The van der Waals surface area contributed by atoms with E-state index in [1.165, 1.54) is 9.79 Å². The number of benzene rings is 2. The molecular formula is C16H18OS3. The summed E-state index contributed by atoms with van der Waals surface area (Å²) in [5, 5.41) is 0. The molecule has 0 aliphatic heterocycles. The number of rotatable bonds is 6. The van der Waals surface area contributed by atoms with Gasteiger partial charge in [-0.25, -0.2) is 0 Å². The van der Waals surface area contributed by atoms with Crippen LogP contribution in [0.3, 0.4) is 0 Å². The Hall–Kier alpha value is -0.710. The van der Waals surface area contributed by atoms with Gasteiger partial charge in [-0.05, 0) is 38.1 Å². The second kappa shape index (κ2) is 7.91. The van der Waals surface area contributed by atoms with Crippen LogP contribution in [0.2, 0.25) is 0 Å². The summed E-state index contributed by atoms with van der Waals surface area (Å²) in [6.45, 7) is 4.08. The van der Waals surface area contributed by atoms with Crippen molar-refractivity contribution in [2.45, 2.75) is 32.8 Å². The molecule has 0 saturated heterocycles. The average Bonchev–Trinajstić information content (AvgIpc) is 2.48. The summed E-state index contributed by atoms with van der Waals surface area (Å²) in [4.78, 5) is 2.34. The van der Waals surface area contributed by atoms with Gasteiger partial charge in [0.2, 0.25) is 0 Å². The second-order valence-corrected chi connectivity index (χ2v) is 9.82. The molecule has 4 heteroatoms. The normalized spacial score (nSPS) is 15.5. The molecule has 0 aliphatic rings. The molecule has 20 heavy (non-hydrogen) atoms. The first-order valence-electron chi connectivity index (χ1n) is 6.49. The second-order valence-electron chi connectivity index (χ2n) is 4.33. The van der Waals surface area contributed by atoms with Crippen molar-refractivity contribution in [2.75, 3.05) is 0 Å². The van der Waals surface area contributed by atoms with Crippen LogP contribution in [0.1, 0.15) is 13.8 Å². The first-order valence-corrected chi connectivity index (χ1v) is 9.53. The summed E-state index contributed by atoms with van der Waals surface area (Å²) in [6.07, 6.45) is 0. The Bertz CT molecular complexity index is 493. The molecule has 0 saturated carbocycles. The minimum absolute atomic E-state index is 0.0867. The number of thioether (sulfide) groups is 2. The van der Waals surface area contributed by atoms with Crippen molar-refractivity contribution < 1.29 is 4.21 Å². The van der Waals surface area contributed by atoms with Gasteiger partial charge in [-0.15, -0.1) is 23.5 Å². The molecular weight excluding hydrogens is 304 g/mol. The standard InChI is InChI=1S/C16H18OS3/c1-13(18-15-9-5-3-6-10-15)20(17)14(2)19-16-11-7-4-8-12-16/h3-14H,1-2H3. The SMILES string of the molecule is CC(Sc1ccccc1)S(=O)C(C)Sc1ccccc1. The quantitative estimate of drug-likeness (QED) is 0.696. The van der Waals surface area contributed by atoms with Crippen LogP contribution in [-0.4, -0.2) is 13.4 Å². The lowest BCUT2D eigenvalue weighted by atomic mass is 10.4. The molecule has 0 aliphatic carbocycles. The molecule has 0 fully saturated rings. The van der Waals surface area contributed by atoms with E-state index in [1.807, 2.05) is 50.2 Å². The molecule has 0 amide bonds. The van der Waals surface area contributed by atoms with Crippen molar-refractivity contribution in [1.82, 2.24) is 0 Å². The highest BCUT2D eigenvalue weighted by Gasteiger charge is 2.20. The first kappa shape index (κ1) is 15.7. The molecule has 0 aromatic heterocycles. The Kier molecular flexibility index (Phi) is 6.20. The van der Waals surface area contributed by atoms with Gasteiger partial charge in [-0.2, -0.15) is 0 Å². The minimum Gasteiger partial charge on any atom is -0.257 e. The van der Waals surface area contributed by atoms with Crippen LogP contribution in [0.4, 0.5) is 0 Å². The van der Waals surface area contributed by atoms with Crippen LogP contribution in [0.25, 0.3) is 0 Å². The van der Waals surface area contributed by atoms with Crippen LogP contribution in [-0.2, 0) is 10.8 Å². The van der Waals surface area contributed by atoms with E-state index < -0.39 is 10.8 Å². The van der Waals surface area contributed by atoms with Crippen molar-refractivity contribution in [2.24, 2.45) is 0 Å². The van der Waals surface area contributed by atoms with Crippen LogP contribution in [0.15, 0.2) is 70.5 Å². The summed E-state index contributed by atoms with van der Waals surface area (Å²) in [7, 11) is -0.885. The van der Waals surface area contributed by atoms with E-state index >= 15 is 0 Å². The van der Waals surface area contributed by atoms with Crippen LogP contribution < -0.4 is 0 Å². The molecule has 2 aromatic carbocycles. The fourth-order valence-electron chi connectivity index (χ4n) is 1.75. The molecule has 1 nitrogen and oxygen atoms in total. The van der Waals surface area contributed by atoms with Crippen LogP contribution in [0.5, 0.6) is 0 Å².